The summed E-state index contributed by atoms with van der Waals surface area (Å²) in [6.45, 7) is 0.800. The van der Waals surface area contributed by atoms with Crippen LogP contribution in [0.2, 0.25) is 0 Å². The molecule has 0 saturated heterocycles. The van der Waals surface area contributed by atoms with Crippen molar-refractivity contribution in [1.29, 1.82) is 0 Å². The predicted molar refractivity (Wildman–Crippen MR) is 71.5 cm³/mol. The molecule has 2 atom stereocenters. The van der Waals surface area contributed by atoms with E-state index in [-0.39, 0.29) is 23.7 Å². The van der Waals surface area contributed by atoms with Crippen LogP contribution < -0.4 is 5.32 Å². The van der Waals surface area contributed by atoms with Gasteiger partial charge in [0, 0.05) is 23.5 Å². The monoisotopic (exact) mass is 266 g/mol. The van der Waals surface area contributed by atoms with Gasteiger partial charge in [0.05, 0.1) is 6.54 Å². The molecular weight excluding hydrogens is 248 g/mol. The van der Waals surface area contributed by atoms with Crippen molar-refractivity contribution in [2.24, 2.45) is 22.7 Å². The molecule has 0 aromatic carbocycles. The van der Waals surface area contributed by atoms with Gasteiger partial charge in [-0.05, 0) is 25.7 Å². The molecule has 3 rings (SSSR count). The van der Waals surface area contributed by atoms with Crippen molar-refractivity contribution in [3.05, 3.63) is 0 Å². The molecule has 98 valence electrons. The molecule has 0 aromatic rings. The Bertz CT molecular complexity index is 392. The van der Waals surface area contributed by atoms with Gasteiger partial charge in [-0.1, -0.05) is 18.2 Å². The highest BCUT2D eigenvalue weighted by atomic mass is 32.2. The first-order chi connectivity index (χ1) is 8.74. The average Bonchev–Trinajstić information content (AvgIpc) is 2.81. The van der Waals surface area contributed by atoms with E-state index in [1.807, 2.05) is 0 Å². The molecule has 0 radical (unpaired) electrons. The number of rotatable bonds is 1. The Kier molecular flexibility index (Phi) is 3.41. The number of hydrogen-bond donors (Lipinski definition) is 1. The Balaban J connectivity index is 1.63. The summed E-state index contributed by atoms with van der Waals surface area (Å²) in [4.78, 5) is 28.4. The molecule has 4 nitrogen and oxygen atoms in total. The summed E-state index contributed by atoms with van der Waals surface area (Å²) in [5.41, 5.74) is 0. The topological polar surface area (TPSA) is 58.5 Å². The number of Topliss-reactive ketones (excluding diaryl/α,β-unsaturated/α-hetero) is 1. The normalized spacial score (nSPS) is 35.2. The third kappa shape index (κ3) is 2.32. The molecule has 1 amide bonds. The van der Waals surface area contributed by atoms with Crippen molar-refractivity contribution in [1.82, 2.24) is 5.32 Å². The number of ketones is 1. The quantitative estimate of drug-likeness (QED) is 0.784. The zero-order valence-electron chi connectivity index (χ0n) is 10.4. The van der Waals surface area contributed by atoms with Crippen molar-refractivity contribution in [2.45, 2.75) is 32.1 Å². The van der Waals surface area contributed by atoms with Crippen LogP contribution in [0.3, 0.4) is 0 Å². The van der Waals surface area contributed by atoms with Gasteiger partial charge in [-0.3, -0.25) is 14.6 Å². The van der Waals surface area contributed by atoms with E-state index in [9.17, 15) is 9.59 Å². The highest BCUT2D eigenvalue weighted by Crippen LogP contribution is 2.40. The van der Waals surface area contributed by atoms with Gasteiger partial charge >= 0.3 is 0 Å². The highest BCUT2D eigenvalue weighted by Gasteiger charge is 2.41. The second kappa shape index (κ2) is 5.03. The summed E-state index contributed by atoms with van der Waals surface area (Å²) in [7, 11) is 0. The van der Waals surface area contributed by atoms with Crippen LogP contribution in [0.1, 0.15) is 32.1 Å². The number of nitrogens with one attached hydrogen (secondary N) is 1. The zero-order valence-corrected chi connectivity index (χ0v) is 11.2. The number of amidine groups is 1. The fourth-order valence-corrected chi connectivity index (χ4v) is 4.04. The van der Waals surface area contributed by atoms with Crippen LogP contribution in [-0.4, -0.2) is 29.2 Å². The van der Waals surface area contributed by atoms with Gasteiger partial charge in [-0.2, -0.15) is 0 Å². The number of aliphatic imine (C=N–C) groups is 1. The second-order valence-electron chi connectivity index (χ2n) is 5.42. The van der Waals surface area contributed by atoms with Gasteiger partial charge in [-0.25, -0.2) is 0 Å². The third-order valence-electron chi connectivity index (χ3n) is 4.23. The average molecular weight is 266 g/mol. The summed E-state index contributed by atoms with van der Waals surface area (Å²) in [6.07, 6.45) is 4.61. The van der Waals surface area contributed by atoms with Crippen LogP contribution >= 0.6 is 11.8 Å². The first kappa shape index (κ1) is 12.2. The lowest BCUT2D eigenvalue weighted by molar-refractivity contribution is -0.137. The number of carbonyl (C=O) groups excluding carboxylic acids is 2. The number of nitrogens with zero attached hydrogens (tertiary/aromatic N) is 1. The van der Waals surface area contributed by atoms with Gasteiger partial charge in [0.2, 0.25) is 5.91 Å². The van der Waals surface area contributed by atoms with E-state index in [0.717, 1.165) is 49.6 Å². The molecule has 2 fully saturated rings. The molecule has 1 aliphatic heterocycles. The molecule has 2 aliphatic carbocycles. The van der Waals surface area contributed by atoms with E-state index in [1.165, 1.54) is 0 Å². The van der Waals surface area contributed by atoms with Crippen LogP contribution in [0.4, 0.5) is 0 Å². The van der Waals surface area contributed by atoms with Gasteiger partial charge in [0.25, 0.3) is 0 Å². The van der Waals surface area contributed by atoms with Crippen molar-refractivity contribution < 1.29 is 9.59 Å². The SMILES string of the molecule is O=C(NC1=NCCS1)C1CC2CCCC(C1)C2=O. The minimum absolute atomic E-state index is 0.0156. The standard InChI is InChI=1S/C13H18N2O2S/c16-11-8-2-1-3-9(11)7-10(6-8)12(17)15-13-14-4-5-18-13/h8-10H,1-7H2,(H,14,15,17). The highest BCUT2D eigenvalue weighted by molar-refractivity contribution is 8.14. The second-order valence-corrected chi connectivity index (χ2v) is 6.50. The smallest absolute Gasteiger partial charge is 0.229 e. The molecule has 1 heterocycles. The Hall–Kier alpha value is -0.840. The van der Waals surface area contributed by atoms with Crippen molar-refractivity contribution in [2.75, 3.05) is 12.3 Å². The number of fused-ring (bicyclic) bond motifs is 2. The first-order valence-corrected chi connectivity index (χ1v) is 7.74. The lowest BCUT2D eigenvalue weighted by Crippen LogP contribution is -2.43. The fraction of sp³-hybridized carbons (Fsp3) is 0.769. The van der Waals surface area contributed by atoms with E-state index in [1.54, 1.807) is 11.8 Å². The molecule has 1 N–H and O–H groups in total. The molecule has 2 unspecified atom stereocenters. The largest absolute Gasteiger partial charge is 0.305 e. The molecule has 0 spiro atoms. The van der Waals surface area contributed by atoms with Crippen LogP contribution in [0.5, 0.6) is 0 Å². The van der Waals surface area contributed by atoms with Crippen molar-refractivity contribution in [3.8, 4) is 0 Å². The molecule has 0 aromatic heterocycles. The third-order valence-corrected chi connectivity index (χ3v) is 5.13. The molecule has 2 bridgehead atoms. The minimum Gasteiger partial charge on any atom is -0.305 e. The van der Waals surface area contributed by atoms with Crippen LogP contribution in [0.15, 0.2) is 4.99 Å². The lowest BCUT2D eigenvalue weighted by Gasteiger charge is -2.36. The van der Waals surface area contributed by atoms with Crippen molar-refractivity contribution >= 4 is 28.6 Å². The maximum atomic E-state index is 12.2. The van der Waals surface area contributed by atoms with Crippen molar-refractivity contribution in [3.63, 3.8) is 0 Å². The Morgan fingerprint density at radius 2 is 2.00 bits per heavy atom. The van der Waals surface area contributed by atoms with Gasteiger partial charge < -0.3 is 5.32 Å². The van der Waals surface area contributed by atoms with Gasteiger partial charge in [0.15, 0.2) is 5.17 Å². The zero-order chi connectivity index (χ0) is 12.5. The van der Waals surface area contributed by atoms with E-state index < -0.39 is 0 Å². The predicted octanol–water partition coefficient (Wildman–Crippen LogP) is 1.60. The van der Waals surface area contributed by atoms with E-state index in [4.69, 9.17) is 0 Å². The first-order valence-electron chi connectivity index (χ1n) is 6.76. The van der Waals surface area contributed by atoms with Crippen LogP contribution in [0, 0.1) is 17.8 Å². The summed E-state index contributed by atoms with van der Waals surface area (Å²) < 4.78 is 0. The van der Waals surface area contributed by atoms with Crippen LogP contribution in [0.25, 0.3) is 0 Å². The van der Waals surface area contributed by atoms with Crippen LogP contribution in [-0.2, 0) is 9.59 Å². The Morgan fingerprint density at radius 3 is 2.61 bits per heavy atom. The van der Waals surface area contributed by atoms with E-state index >= 15 is 0 Å². The minimum atomic E-state index is 0.0156. The summed E-state index contributed by atoms with van der Waals surface area (Å²) >= 11 is 1.61. The molecule has 18 heavy (non-hydrogen) atoms. The molecular formula is C13H18N2O2S. The maximum Gasteiger partial charge on any atom is 0.229 e. The number of thioether (sulfide) groups is 1. The molecule has 3 aliphatic rings. The Morgan fingerprint density at radius 1 is 1.28 bits per heavy atom. The summed E-state index contributed by atoms with van der Waals surface area (Å²) in [5.74, 6) is 1.76. The van der Waals surface area contributed by atoms with Gasteiger partial charge in [0.1, 0.15) is 5.78 Å². The van der Waals surface area contributed by atoms with E-state index in [2.05, 4.69) is 10.3 Å². The summed E-state index contributed by atoms with van der Waals surface area (Å²) in [6, 6.07) is 0. The maximum absolute atomic E-state index is 12.2. The molecule has 5 heteroatoms. The Labute approximate surface area is 111 Å². The fourth-order valence-electron chi connectivity index (χ4n) is 3.31. The van der Waals surface area contributed by atoms with Gasteiger partial charge in [-0.15, -0.1) is 0 Å². The number of amides is 1. The lowest BCUT2D eigenvalue weighted by atomic mass is 9.67. The van der Waals surface area contributed by atoms with E-state index in [0.29, 0.717) is 5.78 Å². The number of hydrogen-bond acceptors (Lipinski definition) is 4. The molecule has 2 saturated carbocycles. The number of carbonyl (C=O) groups is 2. The summed E-state index contributed by atoms with van der Waals surface area (Å²) in [5, 5.41) is 3.68.